The summed E-state index contributed by atoms with van der Waals surface area (Å²) in [6.07, 6.45) is 0. The third kappa shape index (κ3) is 3.59. The van der Waals surface area contributed by atoms with E-state index in [1.807, 2.05) is 11.4 Å². The highest BCUT2D eigenvalue weighted by Gasteiger charge is 2.07. The van der Waals surface area contributed by atoms with Crippen LogP contribution in [0, 0.1) is 13.8 Å². The van der Waals surface area contributed by atoms with Gasteiger partial charge >= 0.3 is 0 Å². The Morgan fingerprint density at radius 2 is 1.91 bits per heavy atom. The summed E-state index contributed by atoms with van der Waals surface area (Å²) in [5.41, 5.74) is 5.44. The second-order valence-corrected chi connectivity index (χ2v) is 5.89. The van der Waals surface area contributed by atoms with Crippen molar-refractivity contribution in [3.8, 4) is 17.0 Å². The van der Waals surface area contributed by atoms with Gasteiger partial charge in [-0.05, 0) is 31.5 Å². The van der Waals surface area contributed by atoms with Gasteiger partial charge in [0.15, 0.2) is 5.13 Å². The second kappa shape index (κ2) is 6.81. The van der Waals surface area contributed by atoms with Crippen molar-refractivity contribution < 1.29 is 5.11 Å². The number of thiazole rings is 1. The van der Waals surface area contributed by atoms with Gasteiger partial charge in [-0.3, -0.25) is 0 Å². The SMILES string of the molecule is Cc1ccc(-c2csc(Nc3cccc(O)c3)n2)c(C)c1.Cl. The molecule has 0 radical (unpaired) electrons. The molecule has 0 fully saturated rings. The minimum Gasteiger partial charge on any atom is -0.508 e. The molecule has 0 amide bonds. The molecule has 1 heterocycles. The van der Waals surface area contributed by atoms with E-state index in [9.17, 15) is 5.11 Å². The number of phenolic OH excluding ortho intramolecular Hbond substituents is 1. The number of nitrogens with one attached hydrogen (secondary N) is 1. The molecule has 2 N–H and O–H groups in total. The van der Waals surface area contributed by atoms with Crippen LogP contribution in [0.15, 0.2) is 47.8 Å². The Bertz CT molecular complexity index is 786. The van der Waals surface area contributed by atoms with Crippen molar-refractivity contribution in [2.75, 3.05) is 5.32 Å². The van der Waals surface area contributed by atoms with Gasteiger partial charge in [0.1, 0.15) is 5.75 Å². The van der Waals surface area contributed by atoms with Gasteiger partial charge < -0.3 is 10.4 Å². The fraction of sp³-hybridized carbons (Fsp3) is 0.118. The van der Waals surface area contributed by atoms with Gasteiger partial charge in [0.05, 0.1) is 5.69 Å². The van der Waals surface area contributed by atoms with Crippen LogP contribution in [-0.4, -0.2) is 10.1 Å². The fourth-order valence-electron chi connectivity index (χ4n) is 2.26. The minimum atomic E-state index is 0. The summed E-state index contributed by atoms with van der Waals surface area (Å²) in [6, 6.07) is 13.4. The van der Waals surface area contributed by atoms with Crippen LogP contribution < -0.4 is 5.32 Å². The first-order valence-electron chi connectivity index (χ1n) is 6.71. The molecule has 0 bridgehead atoms. The second-order valence-electron chi connectivity index (χ2n) is 5.03. The first kappa shape index (κ1) is 16.3. The fourth-order valence-corrected chi connectivity index (χ4v) is 2.99. The number of aromatic hydroxyl groups is 1. The maximum absolute atomic E-state index is 9.48. The first-order valence-corrected chi connectivity index (χ1v) is 7.59. The molecule has 0 spiro atoms. The lowest BCUT2D eigenvalue weighted by molar-refractivity contribution is 0.475. The third-order valence-electron chi connectivity index (χ3n) is 3.26. The molecule has 0 aliphatic rings. The molecule has 22 heavy (non-hydrogen) atoms. The van der Waals surface area contributed by atoms with Gasteiger partial charge in [0.25, 0.3) is 0 Å². The molecule has 5 heteroatoms. The summed E-state index contributed by atoms with van der Waals surface area (Å²) in [5.74, 6) is 0.242. The molecule has 3 nitrogen and oxygen atoms in total. The van der Waals surface area contributed by atoms with Gasteiger partial charge in [-0.2, -0.15) is 0 Å². The Morgan fingerprint density at radius 1 is 1.09 bits per heavy atom. The van der Waals surface area contributed by atoms with Crippen molar-refractivity contribution in [2.45, 2.75) is 13.8 Å². The highest BCUT2D eigenvalue weighted by Crippen LogP contribution is 2.30. The maximum atomic E-state index is 9.48. The van der Waals surface area contributed by atoms with E-state index in [1.54, 1.807) is 29.5 Å². The summed E-state index contributed by atoms with van der Waals surface area (Å²) in [7, 11) is 0. The van der Waals surface area contributed by atoms with Crippen molar-refractivity contribution in [1.82, 2.24) is 4.98 Å². The predicted molar refractivity (Wildman–Crippen MR) is 95.7 cm³/mol. The number of halogens is 1. The summed E-state index contributed by atoms with van der Waals surface area (Å²) in [6.45, 7) is 4.19. The number of hydrogen-bond acceptors (Lipinski definition) is 4. The summed E-state index contributed by atoms with van der Waals surface area (Å²) < 4.78 is 0. The average Bonchev–Trinajstić information content (AvgIpc) is 2.87. The zero-order valence-corrected chi connectivity index (χ0v) is 14.0. The van der Waals surface area contributed by atoms with Gasteiger partial charge in [-0.15, -0.1) is 23.7 Å². The molecule has 0 unspecified atom stereocenters. The Hall–Kier alpha value is -2.04. The van der Waals surface area contributed by atoms with Crippen LogP contribution in [0.1, 0.15) is 11.1 Å². The minimum absolute atomic E-state index is 0. The number of benzene rings is 2. The van der Waals surface area contributed by atoms with Gasteiger partial charge in [0, 0.05) is 22.7 Å². The van der Waals surface area contributed by atoms with E-state index in [4.69, 9.17) is 0 Å². The predicted octanol–water partition coefficient (Wildman–Crippen LogP) is 5.30. The van der Waals surface area contributed by atoms with E-state index in [0.29, 0.717) is 0 Å². The number of anilines is 2. The number of nitrogens with zero attached hydrogens (tertiary/aromatic N) is 1. The van der Waals surface area contributed by atoms with Crippen LogP contribution in [0.2, 0.25) is 0 Å². The molecule has 3 aromatic rings. The largest absolute Gasteiger partial charge is 0.508 e. The van der Waals surface area contributed by atoms with Crippen LogP contribution in [0.4, 0.5) is 10.8 Å². The molecular formula is C17H17ClN2OS. The van der Waals surface area contributed by atoms with Crippen molar-refractivity contribution in [3.05, 3.63) is 59.0 Å². The number of aryl methyl sites for hydroxylation is 2. The number of hydrogen-bond donors (Lipinski definition) is 2. The van der Waals surface area contributed by atoms with E-state index in [1.165, 1.54) is 11.1 Å². The van der Waals surface area contributed by atoms with Crippen molar-refractivity contribution in [2.24, 2.45) is 0 Å². The normalized spacial score (nSPS) is 10.1. The van der Waals surface area contributed by atoms with E-state index >= 15 is 0 Å². The van der Waals surface area contributed by atoms with E-state index in [-0.39, 0.29) is 18.2 Å². The molecule has 0 saturated heterocycles. The molecule has 0 atom stereocenters. The quantitative estimate of drug-likeness (QED) is 0.684. The Labute approximate surface area is 140 Å². The highest BCUT2D eigenvalue weighted by molar-refractivity contribution is 7.14. The molecular weight excluding hydrogens is 316 g/mol. The topological polar surface area (TPSA) is 45.1 Å². The molecule has 0 aliphatic carbocycles. The molecule has 3 rings (SSSR count). The summed E-state index contributed by atoms with van der Waals surface area (Å²) in [4.78, 5) is 4.62. The monoisotopic (exact) mass is 332 g/mol. The average molecular weight is 333 g/mol. The Kier molecular flexibility index (Phi) is 5.06. The molecule has 2 aromatic carbocycles. The van der Waals surface area contributed by atoms with Crippen LogP contribution >= 0.6 is 23.7 Å². The smallest absolute Gasteiger partial charge is 0.187 e. The van der Waals surface area contributed by atoms with Crippen LogP contribution in [-0.2, 0) is 0 Å². The van der Waals surface area contributed by atoms with E-state index < -0.39 is 0 Å². The highest BCUT2D eigenvalue weighted by atomic mass is 35.5. The standard InChI is InChI=1S/C17H16N2OS.ClH/c1-11-6-7-15(12(2)8-11)16-10-21-17(19-16)18-13-4-3-5-14(20)9-13;/h3-10,20H,1-2H3,(H,18,19);1H. The number of rotatable bonds is 3. The van der Waals surface area contributed by atoms with Gasteiger partial charge in [0.2, 0.25) is 0 Å². The van der Waals surface area contributed by atoms with Crippen molar-refractivity contribution in [3.63, 3.8) is 0 Å². The molecule has 114 valence electrons. The zero-order valence-electron chi connectivity index (χ0n) is 12.3. The van der Waals surface area contributed by atoms with Crippen LogP contribution in [0.25, 0.3) is 11.3 Å². The molecule has 0 aliphatic heterocycles. The zero-order chi connectivity index (χ0) is 14.8. The third-order valence-corrected chi connectivity index (χ3v) is 4.02. The van der Waals surface area contributed by atoms with Crippen LogP contribution in [0.5, 0.6) is 5.75 Å². The van der Waals surface area contributed by atoms with E-state index in [0.717, 1.165) is 22.1 Å². The van der Waals surface area contributed by atoms with Gasteiger partial charge in [-0.1, -0.05) is 29.8 Å². The Balaban J connectivity index is 0.00000176. The molecule has 0 saturated carbocycles. The summed E-state index contributed by atoms with van der Waals surface area (Å²) in [5, 5.41) is 15.6. The van der Waals surface area contributed by atoms with Crippen LogP contribution in [0.3, 0.4) is 0 Å². The van der Waals surface area contributed by atoms with Gasteiger partial charge in [-0.25, -0.2) is 4.98 Å². The maximum Gasteiger partial charge on any atom is 0.187 e. The number of phenols is 1. The first-order chi connectivity index (χ1) is 10.1. The number of aromatic nitrogens is 1. The lowest BCUT2D eigenvalue weighted by atomic mass is 10.0. The lowest BCUT2D eigenvalue weighted by Crippen LogP contribution is -1.90. The van der Waals surface area contributed by atoms with Crippen molar-refractivity contribution >= 4 is 34.6 Å². The lowest BCUT2D eigenvalue weighted by Gasteiger charge is -2.04. The Morgan fingerprint density at radius 3 is 2.64 bits per heavy atom. The molecule has 1 aromatic heterocycles. The summed E-state index contributed by atoms with van der Waals surface area (Å²) >= 11 is 1.55. The van der Waals surface area contributed by atoms with E-state index in [2.05, 4.69) is 42.3 Å². The van der Waals surface area contributed by atoms with Crippen molar-refractivity contribution in [1.29, 1.82) is 0 Å².